The van der Waals surface area contributed by atoms with Gasteiger partial charge in [0.05, 0.1) is 19.1 Å². The van der Waals surface area contributed by atoms with E-state index in [9.17, 15) is 13.2 Å². The summed E-state index contributed by atoms with van der Waals surface area (Å²) < 4.78 is 36.9. The highest BCUT2D eigenvalue weighted by molar-refractivity contribution is 7.89. The van der Waals surface area contributed by atoms with Crippen molar-refractivity contribution in [3.63, 3.8) is 0 Å². The number of halogens is 1. The molecule has 1 fully saturated rings. The zero-order valence-corrected chi connectivity index (χ0v) is 14.6. The lowest BCUT2D eigenvalue weighted by Crippen LogP contribution is -2.37. The standard InChI is InChI=1S/C14H20N2O5S.ClH/c1-20-13-6-5-11(8-12(13)14(17)21-2)22(18,19)16-9-10-4-3-7-15-10;/h5-6,8,10,15-16H,3-4,7,9H2,1-2H3;1H. The lowest BCUT2D eigenvalue weighted by Gasteiger charge is -2.13. The van der Waals surface area contributed by atoms with Crippen LogP contribution in [0.2, 0.25) is 0 Å². The second-order valence-electron chi connectivity index (χ2n) is 5.00. The molecule has 1 aromatic rings. The van der Waals surface area contributed by atoms with Crippen LogP contribution < -0.4 is 14.8 Å². The molecular formula is C14H21ClN2O5S. The number of rotatable bonds is 6. The first kappa shape index (κ1) is 19.7. The number of nitrogens with one attached hydrogen (secondary N) is 2. The Morgan fingerprint density at radius 1 is 1.39 bits per heavy atom. The van der Waals surface area contributed by atoms with Crippen molar-refractivity contribution in [1.82, 2.24) is 10.0 Å². The number of methoxy groups -OCH3 is 2. The molecule has 1 aliphatic rings. The fourth-order valence-corrected chi connectivity index (χ4v) is 3.46. The number of carbonyl (C=O) groups is 1. The normalized spacial score (nSPS) is 17.4. The molecule has 1 unspecified atom stereocenters. The first-order valence-corrected chi connectivity index (χ1v) is 8.45. The number of hydrogen-bond donors (Lipinski definition) is 2. The predicted octanol–water partition coefficient (Wildman–Crippen LogP) is 0.934. The van der Waals surface area contributed by atoms with E-state index in [-0.39, 0.29) is 34.7 Å². The first-order valence-electron chi connectivity index (χ1n) is 6.97. The average Bonchev–Trinajstić information content (AvgIpc) is 3.05. The van der Waals surface area contributed by atoms with Gasteiger partial charge in [-0.1, -0.05) is 0 Å². The Bertz CT molecular complexity index is 645. The van der Waals surface area contributed by atoms with E-state index >= 15 is 0 Å². The van der Waals surface area contributed by atoms with Gasteiger partial charge in [0.2, 0.25) is 10.0 Å². The topological polar surface area (TPSA) is 93.7 Å². The Balaban J connectivity index is 0.00000264. The van der Waals surface area contributed by atoms with Crippen LogP contribution in [0.5, 0.6) is 5.75 Å². The van der Waals surface area contributed by atoms with Gasteiger partial charge in [0.15, 0.2) is 0 Å². The maximum Gasteiger partial charge on any atom is 0.341 e. The van der Waals surface area contributed by atoms with E-state index in [1.807, 2.05) is 0 Å². The minimum Gasteiger partial charge on any atom is -0.496 e. The van der Waals surface area contributed by atoms with Crippen LogP contribution in [-0.4, -0.2) is 47.7 Å². The van der Waals surface area contributed by atoms with Gasteiger partial charge in [-0.15, -0.1) is 12.4 Å². The summed E-state index contributed by atoms with van der Waals surface area (Å²) >= 11 is 0. The van der Waals surface area contributed by atoms with Crippen LogP contribution in [-0.2, 0) is 14.8 Å². The molecule has 1 aromatic carbocycles. The number of carbonyl (C=O) groups excluding carboxylic acids is 1. The highest BCUT2D eigenvalue weighted by Gasteiger charge is 2.22. The van der Waals surface area contributed by atoms with Crippen molar-refractivity contribution in [2.45, 2.75) is 23.8 Å². The summed E-state index contributed by atoms with van der Waals surface area (Å²) in [5.74, 6) is -0.380. The van der Waals surface area contributed by atoms with Gasteiger partial charge in [0.25, 0.3) is 0 Å². The maximum absolute atomic E-state index is 12.3. The van der Waals surface area contributed by atoms with Crippen LogP contribution in [0.3, 0.4) is 0 Å². The Labute approximate surface area is 142 Å². The van der Waals surface area contributed by atoms with E-state index in [4.69, 9.17) is 4.74 Å². The van der Waals surface area contributed by atoms with Gasteiger partial charge in [0.1, 0.15) is 11.3 Å². The lowest BCUT2D eigenvalue weighted by atomic mass is 10.2. The predicted molar refractivity (Wildman–Crippen MR) is 87.8 cm³/mol. The van der Waals surface area contributed by atoms with Crippen molar-refractivity contribution >= 4 is 28.4 Å². The molecule has 23 heavy (non-hydrogen) atoms. The monoisotopic (exact) mass is 364 g/mol. The van der Waals surface area contributed by atoms with E-state index < -0.39 is 16.0 Å². The summed E-state index contributed by atoms with van der Waals surface area (Å²) in [6, 6.07) is 4.24. The van der Waals surface area contributed by atoms with Crippen molar-refractivity contribution < 1.29 is 22.7 Å². The molecule has 2 N–H and O–H groups in total. The molecule has 1 heterocycles. The van der Waals surface area contributed by atoms with E-state index in [0.29, 0.717) is 6.54 Å². The molecule has 0 spiro atoms. The molecule has 0 saturated carbocycles. The zero-order valence-electron chi connectivity index (χ0n) is 13.0. The fraction of sp³-hybridized carbons (Fsp3) is 0.500. The SMILES string of the molecule is COC(=O)c1cc(S(=O)(=O)NCC2CCCN2)ccc1OC.Cl. The third-order valence-corrected chi connectivity index (χ3v) is 4.99. The minimum atomic E-state index is -3.69. The van der Waals surface area contributed by atoms with Crippen LogP contribution in [0.4, 0.5) is 0 Å². The van der Waals surface area contributed by atoms with Gasteiger partial charge in [-0.05, 0) is 37.6 Å². The molecule has 0 aliphatic carbocycles. The molecular weight excluding hydrogens is 344 g/mol. The molecule has 0 amide bonds. The van der Waals surface area contributed by atoms with E-state index in [2.05, 4.69) is 14.8 Å². The Kier molecular flexibility index (Phi) is 7.27. The number of sulfonamides is 1. The molecule has 0 bridgehead atoms. The highest BCUT2D eigenvalue weighted by atomic mass is 35.5. The second kappa shape index (κ2) is 8.49. The quantitative estimate of drug-likeness (QED) is 0.729. The highest BCUT2D eigenvalue weighted by Crippen LogP contribution is 2.23. The van der Waals surface area contributed by atoms with Crippen molar-refractivity contribution in [2.75, 3.05) is 27.3 Å². The fourth-order valence-electron chi connectivity index (χ4n) is 2.35. The molecule has 130 valence electrons. The van der Waals surface area contributed by atoms with Crippen molar-refractivity contribution in [2.24, 2.45) is 0 Å². The zero-order chi connectivity index (χ0) is 16.2. The van der Waals surface area contributed by atoms with Gasteiger partial charge in [-0.25, -0.2) is 17.9 Å². The first-order chi connectivity index (χ1) is 10.5. The Morgan fingerprint density at radius 3 is 2.70 bits per heavy atom. The van der Waals surface area contributed by atoms with Crippen molar-refractivity contribution in [1.29, 1.82) is 0 Å². The van der Waals surface area contributed by atoms with Crippen molar-refractivity contribution in [3.05, 3.63) is 23.8 Å². The van der Waals surface area contributed by atoms with Gasteiger partial charge in [-0.3, -0.25) is 0 Å². The van der Waals surface area contributed by atoms with Gasteiger partial charge < -0.3 is 14.8 Å². The third-order valence-electron chi connectivity index (χ3n) is 3.57. The van der Waals surface area contributed by atoms with E-state index in [0.717, 1.165) is 19.4 Å². The van der Waals surface area contributed by atoms with Crippen LogP contribution in [0.1, 0.15) is 23.2 Å². The molecule has 1 saturated heterocycles. The summed E-state index contributed by atoms with van der Waals surface area (Å²) in [6.45, 7) is 1.23. The number of esters is 1. The largest absolute Gasteiger partial charge is 0.496 e. The van der Waals surface area contributed by atoms with Crippen LogP contribution in [0.15, 0.2) is 23.1 Å². The summed E-state index contributed by atoms with van der Waals surface area (Å²) in [4.78, 5) is 11.7. The molecule has 1 atom stereocenters. The average molecular weight is 365 g/mol. The van der Waals surface area contributed by atoms with Gasteiger partial charge in [-0.2, -0.15) is 0 Å². The molecule has 9 heteroatoms. The smallest absolute Gasteiger partial charge is 0.341 e. The Morgan fingerprint density at radius 2 is 2.13 bits per heavy atom. The van der Waals surface area contributed by atoms with Crippen molar-refractivity contribution in [3.8, 4) is 5.75 Å². The second-order valence-corrected chi connectivity index (χ2v) is 6.77. The van der Waals surface area contributed by atoms with Crippen LogP contribution in [0, 0.1) is 0 Å². The van der Waals surface area contributed by atoms with Gasteiger partial charge in [0, 0.05) is 12.6 Å². The number of benzene rings is 1. The summed E-state index contributed by atoms with van der Waals surface area (Å²) in [5, 5.41) is 3.22. The molecule has 7 nitrogen and oxygen atoms in total. The molecule has 1 aliphatic heterocycles. The summed E-state index contributed by atoms with van der Waals surface area (Å²) in [5.41, 5.74) is 0.0758. The van der Waals surface area contributed by atoms with E-state index in [1.54, 1.807) is 0 Å². The Hall–Kier alpha value is -1.35. The van der Waals surface area contributed by atoms with E-state index in [1.165, 1.54) is 32.4 Å². The van der Waals surface area contributed by atoms with Crippen LogP contribution >= 0.6 is 12.4 Å². The van der Waals surface area contributed by atoms with Gasteiger partial charge >= 0.3 is 5.97 Å². The number of hydrogen-bond acceptors (Lipinski definition) is 6. The summed E-state index contributed by atoms with van der Waals surface area (Å²) in [7, 11) is -1.06. The molecule has 0 aromatic heterocycles. The molecule has 0 radical (unpaired) electrons. The number of ether oxygens (including phenoxy) is 2. The van der Waals surface area contributed by atoms with Crippen LogP contribution in [0.25, 0.3) is 0 Å². The summed E-state index contributed by atoms with van der Waals surface area (Å²) in [6.07, 6.45) is 1.99. The third kappa shape index (κ3) is 4.81. The molecule has 2 rings (SSSR count). The minimum absolute atomic E-state index is 0. The lowest BCUT2D eigenvalue weighted by molar-refractivity contribution is 0.0597. The maximum atomic E-state index is 12.3.